The number of nitrogens with one attached hydrogen (secondary N) is 2. The third-order valence-corrected chi connectivity index (χ3v) is 2.18. The minimum absolute atomic E-state index is 0.0362. The van der Waals surface area contributed by atoms with Crippen molar-refractivity contribution < 1.29 is 14.5 Å². The van der Waals surface area contributed by atoms with Crippen LogP contribution in [0.5, 0.6) is 0 Å². The summed E-state index contributed by atoms with van der Waals surface area (Å²) in [5.74, 6) is -0.310. The minimum Gasteiger partial charge on any atom is -0.434 e. The van der Waals surface area contributed by atoms with E-state index in [1.54, 1.807) is 12.1 Å². The Morgan fingerprint density at radius 2 is 2.39 bits per heavy atom. The van der Waals surface area contributed by atoms with Gasteiger partial charge in [-0.25, -0.2) is 0 Å². The number of nitrogens with zero attached hydrogens (tertiary/aromatic N) is 2. The highest BCUT2D eigenvalue weighted by Crippen LogP contribution is 2.22. The summed E-state index contributed by atoms with van der Waals surface area (Å²) in [6, 6.07) is 6.02. The van der Waals surface area contributed by atoms with Crippen LogP contribution in [0.3, 0.4) is 0 Å². The van der Waals surface area contributed by atoms with Gasteiger partial charge in [0.1, 0.15) is 0 Å². The van der Waals surface area contributed by atoms with Crippen LogP contribution in [0.1, 0.15) is 18.7 Å². The lowest BCUT2D eigenvalue weighted by Gasteiger charge is -2.10. The molecule has 2 rings (SSSR count). The van der Waals surface area contributed by atoms with Crippen molar-refractivity contribution in [3.8, 4) is 0 Å². The highest BCUT2D eigenvalue weighted by atomic mass is 16.6. The lowest BCUT2D eigenvalue weighted by Crippen LogP contribution is -2.28. The molecule has 1 aromatic rings. The summed E-state index contributed by atoms with van der Waals surface area (Å²) in [5, 5.41) is 16.8. The van der Waals surface area contributed by atoms with Crippen LogP contribution in [0.4, 0.5) is 5.69 Å². The van der Waals surface area contributed by atoms with Crippen molar-refractivity contribution >= 4 is 17.6 Å². The van der Waals surface area contributed by atoms with Gasteiger partial charge in [-0.3, -0.25) is 25.7 Å². The largest absolute Gasteiger partial charge is 0.434 e. The number of amidine groups is 1. The van der Waals surface area contributed by atoms with Crippen molar-refractivity contribution in [2.24, 2.45) is 5.10 Å². The average Bonchev–Trinajstić information content (AvgIpc) is 2.77. The van der Waals surface area contributed by atoms with E-state index in [9.17, 15) is 14.9 Å². The molecule has 1 amide bonds. The molecule has 1 atom stereocenters. The van der Waals surface area contributed by atoms with Gasteiger partial charge in [0.2, 0.25) is 12.1 Å². The van der Waals surface area contributed by atoms with E-state index in [2.05, 4.69) is 15.8 Å². The van der Waals surface area contributed by atoms with Gasteiger partial charge in [-0.15, -0.1) is 5.10 Å². The van der Waals surface area contributed by atoms with E-state index < -0.39 is 11.2 Å². The van der Waals surface area contributed by atoms with Gasteiger partial charge in [-0.2, -0.15) is 0 Å². The van der Waals surface area contributed by atoms with Crippen LogP contribution in [0.2, 0.25) is 0 Å². The number of non-ortho nitro benzene ring substituents is 1. The van der Waals surface area contributed by atoms with Crippen molar-refractivity contribution in [1.82, 2.24) is 10.7 Å². The Labute approximate surface area is 102 Å². The number of hydrazone groups is 1. The molecule has 0 radical (unpaired) electrons. The topological polar surface area (TPSA) is 106 Å². The summed E-state index contributed by atoms with van der Waals surface area (Å²) >= 11 is 0. The summed E-state index contributed by atoms with van der Waals surface area (Å²) in [6.45, 7) is 1.33. The van der Waals surface area contributed by atoms with Crippen LogP contribution < -0.4 is 10.7 Å². The molecule has 18 heavy (non-hydrogen) atoms. The second-order valence-electron chi connectivity index (χ2n) is 3.58. The van der Waals surface area contributed by atoms with Gasteiger partial charge in [0.05, 0.1) is 4.92 Å². The number of hydrogen-bond acceptors (Lipinski definition) is 6. The molecular weight excluding hydrogens is 240 g/mol. The number of ether oxygens (including phenoxy) is 1. The zero-order valence-corrected chi connectivity index (χ0v) is 9.41. The number of benzene rings is 1. The van der Waals surface area contributed by atoms with Crippen LogP contribution in [0, 0.1) is 10.1 Å². The Kier molecular flexibility index (Phi) is 3.09. The molecule has 0 bridgehead atoms. The summed E-state index contributed by atoms with van der Waals surface area (Å²) in [4.78, 5) is 20.9. The smallest absolute Gasteiger partial charge is 0.315 e. The maximum atomic E-state index is 10.8. The number of hydrogen-bond donors (Lipinski definition) is 2. The Morgan fingerprint density at radius 1 is 1.61 bits per heavy atom. The maximum absolute atomic E-state index is 10.8. The second-order valence-corrected chi connectivity index (χ2v) is 3.58. The summed E-state index contributed by atoms with van der Waals surface area (Å²) in [7, 11) is 0. The average molecular weight is 250 g/mol. The first-order valence-corrected chi connectivity index (χ1v) is 5.08. The number of carbonyl (C=O) groups is 1. The second kappa shape index (κ2) is 4.70. The van der Waals surface area contributed by atoms with Gasteiger partial charge in [0.25, 0.3) is 5.69 Å². The Morgan fingerprint density at radius 3 is 3.06 bits per heavy atom. The number of amides is 1. The van der Waals surface area contributed by atoms with Crippen LogP contribution in [-0.2, 0) is 9.53 Å². The Balaban J connectivity index is 2.09. The highest BCUT2D eigenvalue weighted by Gasteiger charge is 2.23. The number of nitro groups is 1. The molecule has 1 aromatic carbocycles. The predicted octanol–water partition coefficient (Wildman–Crippen LogP) is 0.620. The molecule has 0 fully saturated rings. The molecule has 1 heterocycles. The fourth-order valence-corrected chi connectivity index (χ4v) is 1.43. The van der Waals surface area contributed by atoms with Gasteiger partial charge in [-0.05, 0) is 0 Å². The van der Waals surface area contributed by atoms with Crippen LogP contribution in [0.15, 0.2) is 29.4 Å². The number of carbonyl (C=O) groups excluding carboxylic acids is 1. The Bertz CT molecular complexity index is 528. The minimum atomic E-state index is -0.647. The Hall–Kier alpha value is -2.64. The summed E-state index contributed by atoms with van der Waals surface area (Å²) in [5.41, 5.74) is 3.14. The maximum Gasteiger partial charge on any atom is 0.315 e. The monoisotopic (exact) mass is 250 g/mol. The molecule has 1 aliphatic rings. The van der Waals surface area contributed by atoms with Crippen molar-refractivity contribution in [1.29, 1.82) is 0 Å². The fraction of sp³-hybridized carbons (Fsp3) is 0.200. The van der Waals surface area contributed by atoms with Crippen molar-refractivity contribution in [2.75, 3.05) is 0 Å². The molecule has 8 nitrogen and oxygen atoms in total. The van der Waals surface area contributed by atoms with Crippen LogP contribution >= 0.6 is 0 Å². The van der Waals surface area contributed by atoms with Crippen molar-refractivity contribution in [3.05, 3.63) is 39.9 Å². The quantitative estimate of drug-likeness (QED) is 0.591. The van der Waals surface area contributed by atoms with E-state index in [0.29, 0.717) is 5.56 Å². The molecule has 0 saturated carbocycles. The van der Waals surface area contributed by atoms with Crippen LogP contribution in [0.25, 0.3) is 0 Å². The first-order chi connectivity index (χ1) is 8.56. The van der Waals surface area contributed by atoms with Gasteiger partial charge >= 0.3 is 6.02 Å². The zero-order chi connectivity index (χ0) is 13.1. The van der Waals surface area contributed by atoms with E-state index in [0.717, 1.165) is 0 Å². The predicted molar refractivity (Wildman–Crippen MR) is 61.3 cm³/mol. The van der Waals surface area contributed by atoms with E-state index in [-0.39, 0.29) is 17.6 Å². The fourth-order valence-electron chi connectivity index (χ4n) is 1.43. The lowest BCUT2D eigenvalue weighted by atomic mass is 10.2. The molecule has 2 N–H and O–H groups in total. The van der Waals surface area contributed by atoms with Crippen molar-refractivity contribution in [2.45, 2.75) is 13.2 Å². The molecule has 0 aliphatic carbocycles. The van der Waals surface area contributed by atoms with Gasteiger partial charge in [0.15, 0.2) is 0 Å². The number of nitro benzene ring substituents is 1. The van der Waals surface area contributed by atoms with E-state index >= 15 is 0 Å². The van der Waals surface area contributed by atoms with E-state index in [1.807, 2.05) is 0 Å². The standard InChI is InChI=1S/C10H10N4O4/c1-6(15)11-10-13-12-9(18-10)7-3-2-4-8(5-7)14(16)17/h2-5,9,12H,1H3,(H,11,13,15). The summed E-state index contributed by atoms with van der Waals surface area (Å²) in [6.07, 6.45) is -0.647. The van der Waals surface area contributed by atoms with Gasteiger partial charge in [0, 0.05) is 24.6 Å². The normalized spacial score (nSPS) is 17.4. The first kappa shape index (κ1) is 11.8. The molecule has 1 aliphatic heterocycles. The zero-order valence-electron chi connectivity index (χ0n) is 9.41. The van der Waals surface area contributed by atoms with E-state index in [1.165, 1.54) is 19.1 Å². The third kappa shape index (κ3) is 2.54. The first-order valence-electron chi connectivity index (χ1n) is 5.08. The van der Waals surface area contributed by atoms with Gasteiger partial charge in [-0.1, -0.05) is 12.1 Å². The molecule has 1 unspecified atom stereocenters. The summed E-state index contributed by atoms with van der Waals surface area (Å²) < 4.78 is 5.28. The molecular formula is C10H10N4O4. The van der Waals surface area contributed by atoms with Crippen molar-refractivity contribution in [3.63, 3.8) is 0 Å². The molecule has 0 aromatic heterocycles. The molecule has 8 heteroatoms. The SMILES string of the molecule is CC(=O)NC1=NNC(c2cccc([N+](=O)[O-])c2)O1. The molecule has 0 spiro atoms. The van der Waals surface area contributed by atoms with Gasteiger partial charge < -0.3 is 4.74 Å². The highest BCUT2D eigenvalue weighted by molar-refractivity contribution is 5.93. The number of rotatable bonds is 2. The van der Waals surface area contributed by atoms with Crippen LogP contribution in [-0.4, -0.2) is 16.9 Å². The third-order valence-electron chi connectivity index (χ3n) is 2.18. The lowest BCUT2D eigenvalue weighted by molar-refractivity contribution is -0.385. The van der Waals surface area contributed by atoms with E-state index in [4.69, 9.17) is 4.74 Å². The molecule has 0 saturated heterocycles. The molecule has 94 valence electrons.